The molecular formula is C22H36N4O3S. The van der Waals surface area contributed by atoms with Crippen molar-refractivity contribution < 1.29 is 13.2 Å². The second-order valence-electron chi connectivity index (χ2n) is 8.44. The SMILES string of the molecule is CCN1CCC[C@H]1CN(CCC(=O)N1CCNCC1)S(=O)(=O)c1cc(C)ccc1C. The molecule has 2 aliphatic heterocycles. The topological polar surface area (TPSA) is 73.0 Å². The van der Waals surface area contributed by atoms with Gasteiger partial charge in [-0.05, 0) is 57.0 Å². The van der Waals surface area contributed by atoms with Crippen LogP contribution in [0.5, 0.6) is 0 Å². The highest BCUT2D eigenvalue weighted by molar-refractivity contribution is 7.89. The van der Waals surface area contributed by atoms with Gasteiger partial charge in [-0.25, -0.2) is 8.42 Å². The van der Waals surface area contributed by atoms with Crippen LogP contribution in [0.4, 0.5) is 0 Å². The van der Waals surface area contributed by atoms with Gasteiger partial charge in [0.05, 0.1) is 4.90 Å². The van der Waals surface area contributed by atoms with Gasteiger partial charge < -0.3 is 10.2 Å². The molecule has 0 bridgehead atoms. The predicted molar refractivity (Wildman–Crippen MR) is 119 cm³/mol. The van der Waals surface area contributed by atoms with Crippen molar-refractivity contribution >= 4 is 15.9 Å². The van der Waals surface area contributed by atoms with E-state index in [0.717, 1.165) is 50.1 Å². The van der Waals surface area contributed by atoms with E-state index in [-0.39, 0.29) is 24.9 Å². The van der Waals surface area contributed by atoms with E-state index in [4.69, 9.17) is 0 Å². The average molecular weight is 437 g/mol. The van der Waals surface area contributed by atoms with Crippen LogP contribution in [0.25, 0.3) is 0 Å². The van der Waals surface area contributed by atoms with Crippen molar-refractivity contribution in [3.05, 3.63) is 29.3 Å². The van der Waals surface area contributed by atoms with Crippen LogP contribution in [-0.2, 0) is 14.8 Å². The van der Waals surface area contributed by atoms with Gasteiger partial charge in [-0.15, -0.1) is 0 Å². The van der Waals surface area contributed by atoms with E-state index >= 15 is 0 Å². The van der Waals surface area contributed by atoms with E-state index in [9.17, 15) is 13.2 Å². The summed E-state index contributed by atoms with van der Waals surface area (Å²) in [6.07, 6.45) is 2.32. The largest absolute Gasteiger partial charge is 0.340 e. The number of nitrogens with one attached hydrogen (secondary N) is 1. The molecule has 0 spiro atoms. The van der Waals surface area contributed by atoms with Gasteiger partial charge in [0.15, 0.2) is 0 Å². The first-order valence-electron chi connectivity index (χ1n) is 11.1. The standard InChI is InChI=1S/C22H36N4O3S/c1-4-24-12-5-6-20(24)17-26(13-9-22(27)25-14-10-23-11-15-25)30(28,29)21-16-18(2)7-8-19(21)3/h7-8,16,20,23H,4-6,9-15,17H2,1-3H3/t20-/m0/s1. The van der Waals surface area contributed by atoms with Gasteiger partial charge in [0.2, 0.25) is 15.9 Å². The number of hydrogen-bond acceptors (Lipinski definition) is 5. The maximum atomic E-state index is 13.6. The molecule has 8 heteroatoms. The lowest BCUT2D eigenvalue weighted by molar-refractivity contribution is -0.131. The fourth-order valence-electron chi connectivity index (χ4n) is 4.48. The van der Waals surface area contributed by atoms with Crippen molar-refractivity contribution in [1.82, 2.24) is 19.4 Å². The Morgan fingerprint density at radius 2 is 1.93 bits per heavy atom. The minimum absolute atomic E-state index is 0.0384. The molecule has 1 aromatic carbocycles. The number of rotatable bonds is 8. The number of amides is 1. The molecule has 2 fully saturated rings. The maximum absolute atomic E-state index is 13.6. The molecular weight excluding hydrogens is 400 g/mol. The Hall–Kier alpha value is -1.48. The summed E-state index contributed by atoms with van der Waals surface area (Å²) in [4.78, 5) is 17.3. The second-order valence-corrected chi connectivity index (χ2v) is 10.3. The van der Waals surface area contributed by atoms with Crippen LogP contribution in [0.1, 0.15) is 37.3 Å². The number of sulfonamides is 1. The van der Waals surface area contributed by atoms with Crippen LogP contribution in [0.2, 0.25) is 0 Å². The summed E-state index contributed by atoms with van der Waals surface area (Å²) in [5.41, 5.74) is 1.67. The third-order valence-electron chi connectivity index (χ3n) is 6.33. The van der Waals surface area contributed by atoms with Crippen molar-refractivity contribution in [2.24, 2.45) is 0 Å². The van der Waals surface area contributed by atoms with E-state index in [1.165, 1.54) is 0 Å². The van der Waals surface area contributed by atoms with Gasteiger partial charge in [0, 0.05) is 51.7 Å². The summed E-state index contributed by atoms with van der Waals surface area (Å²) < 4.78 is 28.9. The van der Waals surface area contributed by atoms with Crippen molar-refractivity contribution in [2.45, 2.75) is 51.0 Å². The first kappa shape index (κ1) is 23.2. The molecule has 168 valence electrons. The van der Waals surface area contributed by atoms with Crippen LogP contribution >= 0.6 is 0 Å². The highest BCUT2D eigenvalue weighted by atomic mass is 32.2. The van der Waals surface area contributed by atoms with Gasteiger partial charge in [0.25, 0.3) is 0 Å². The Bertz CT molecular complexity index is 837. The molecule has 3 rings (SSSR count). The molecule has 7 nitrogen and oxygen atoms in total. The van der Waals surface area contributed by atoms with Crippen LogP contribution in [0.15, 0.2) is 23.1 Å². The first-order chi connectivity index (χ1) is 14.3. The first-order valence-corrected chi connectivity index (χ1v) is 12.6. The predicted octanol–water partition coefficient (Wildman–Crippen LogP) is 1.60. The Balaban J connectivity index is 1.81. The number of nitrogens with zero attached hydrogens (tertiary/aromatic N) is 3. The average Bonchev–Trinajstić information content (AvgIpc) is 3.20. The molecule has 1 amide bonds. The Morgan fingerprint density at radius 1 is 1.20 bits per heavy atom. The molecule has 0 radical (unpaired) electrons. The summed E-state index contributed by atoms with van der Waals surface area (Å²) in [7, 11) is -3.68. The molecule has 2 aliphatic rings. The lowest BCUT2D eigenvalue weighted by atomic mass is 10.2. The molecule has 2 heterocycles. The van der Waals surface area contributed by atoms with E-state index in [1.807, 2.05) is 30.9 Å². The number of carbonyl (C=O) groups is 1. The van der Waals surface area contributed by atoms with E-state index in [0.29, 0.717) is 24.5 Å². The van der Waals surface area contributed by atoms with Gasteiger partial charge in [0.1, 0.15) is 0 Å². The number of piperazine rings is 1. The summed E-state index contributed by atoms with van der Waals surface area (Å²) in [6.45, 7) is 11.4. The summed E-state index contributed by atoms with van der Waals surface area (Å²) in [6, 6.07) is 5.76. The molecule has 30 heavy (non-hydrogen) atoms. The van der Waals surface area contributed by atoms with Crippen LogP contribution in [0, 0.1) is 13.8 Å². The van der Waals surface area contributed by atoms with Crippen molar-refractivity contribution in [3.8, 4) is 0 Å². The van der Waals surface area contributed by atoms with Crippen molar-refractivity contribution in [1.29, 1.82) is 0 Å². The summed E-state index contributed by atoms with van der Waals surface area (Å²) >= 11 is 0. The minimum Gasteiger partial charge on any atom is -0.340 e. The molecule has 0 aliphatic carbocycles. The number of aryl methyl sites for hydroxylation is 2. The third kappa shape index (κ3) is 5.41. The number of carbonyl (C=O) groups excluding carboxylic acids is 1. The van der Waals surface area contributed by atoms with Crippen LogP contribution in [0.3, 0.4) is 0 Å². The van der Waals surface area contributed by atoms with Crippen LogP contribution < -0.4 is 5.32 Å². The lowest BCUT2D eigenvalue weighted by Gasteiger charge is -2.31. The number of benzene rings is 1. The van der Waals surface area contributed by atoms with Crippen molar-refractivity contribution in [2.75, 3.05) is 52.4 Å². The maximum Gasteiger partial charge on any atom is 0.243 e. The van der Waals surface area contributed by atoms with Gasteiger partial charge in [-0.2, -0.15) is 4.31 Å². The fourth-order valence-corrected chi connectivity index (χ4v) is 6.27. The van der Waals surface area contributed by atoms with Gasteiger partial charge in [-0.1, -0.05) is 19.1 Å². The zero-order chi connectivity index (χ0) is 21.7. The number of likely N-dealkylation sites (N-methyl/N-ethyl adjacent to an activating group) is 1. The smallest absolute Gasteiger partial charge is 0.243 e. The second kappa shape index (κ2) is 10.2. The quantitative estimate of drug-likeness (QED) is 0.670. The number of likely N-dealkylation sites (tertiary alicyclic amines) is 1. The van der Waals surface area contributed by atoms with Gasteiger partial charge in [-0.3, -0.25) is 9.69 Å². The zero-order valence-corrected chi connectivity index (χ0v) is 19.4. The Morgan fingerprint density at radius 3 is 2.63 bits per heavy atom. The molecule has 1 atom stereocenters. The third-order valence-corrected chi connectivity index (χ3v) is 8.33. The fraction of sp³-hybridized carbons (Fsp3) is 0.682. The molecule has 1 aromatic rings. The molecule has 0 aromatic heterocycles. The Kier molecular flexibility index (Phi) is 7.90. The zero-order valence-electron chi connectivity index (χ0n) is 18.6. The highest BCUT2D eigenvalue weighted by Gasteiger charge is 2.33. The highest BCUT2D eigenvalue weighted by Crippen LogP contribution is 2.25. The molecule has 2 saturated heterocycles. The molecule has 1 N–H and O–H groups in total. The van der Waals surface area contributed by atoms with Crippen molar-refractivity contribution in [3.63, 3.8) is 0 Å². The monoisotopic (exact) mass is 436 g/mol. The van der Waals surface area contributed by atoms with Gasteiger partial charge >= 0.3 is 0 Å². The molecule has 0 unspecified atom stereocenters. The normalized spacial score (nSPS) is 20.8. The molecule has 0 saturated carbocycles. The Labute approximate surface area is 181 Å². The minimum atomic E-state index is -3.68. The van der Waals surface area contributed by atoms with E-state index < -0.39 is 10.0 Å². The van der Waals surface area contributed by atoms with E-state index in [2.05, 4.69) is 17.1 Å². The summed E-state index contributed by atoms with van der Waals surface area (Å²) in [5, 5.41) is 3.25. The van der Waals surface area contributed by atoms with Crippen LogP contribution in [-0.4, -0.2) is 86.8 Å². The number of hydrogen-bond donors (Lipinski definition) is 1. The summed E-state index contributed by atoms with van der Waals surface area (Å²) in [5.74, 6) is 0.0384. The van der Waals surface area contributed by atoms with E-state index in [1.54, 1.807) is 10.4 Å². The lowest BCUT2D eigenvalue weighted by Crippen LogP contribution is -2.48.